The zero-order valence-corrected chi connectivity index (χ0v) is 14.2. The number of rotatable bonds is 3. The van der Waals surface area contributed by atoms with Crippen molar-refractivity contribution < 1.29 is 4.74 Å². The highest BCUT2D eigenvalue weighted by atomic mass is 28.3. The largest absolute Gasteiger partial charge is 0.362 e. The van der Waals surface area contributed by atoms with Crippen LogP contribution in [0, 0.1) is 11.5 Å². The van der Waals surface area contributed by atoms with E-state index in [0.717, 1.165) is 25.7 Å². The Labute approximate surface area is 120 Å². The second kappa shape index (κ2) is 8.61. The standard InChI is InChI=1S/C17H30OSi/c1-5-6-11-16-12-9-7-8-10-13-17(18-16)14-15-19(2,3)4/h7-8,16-17H,5-6,9-13H2,1-4H3/b8-7-. The number of unbranched alkanes of at least 4 members (excludes halogenated alkanes) is 1. The predicted octanol–water partition coefficient (Wildman–Crippen LogP) is 4.94. The van der Waals surface area contributed by atoms with Crippen LogP contribution in [-0.2, 0) is 4.74 Å². The van der Waals surface area contributed by atoms with E-state index >= 15 is 0 Å². The van der Waals surface area contributed by atoms with Crippen LogP contribution < -0.4 is 0 Å². The minimum atomic E-state index is -1.29. The molecule has 1 nitrogen and oxygen atoms in total. The molecule has 0 amide bonds. The van der Waals surface area contributed by atoms with E-state index in [2.05, 4.69) is 50.2 Å². The van der Waals surface area contributed by atoms with E-state index in [-0.39, 0.29) is 6.10 Å². The van der Waals surface area contributed by atoms with Gasteiger partial charge in [-0.2, -0.15) is 0 Å². The molecular weight excluding hydrogens is 248 g/mol. The SMILES string of the molecule is CCCCC1CC/C=C\CCC(C#C[Si](C)(C)C)O1. The van der Waals surface area contributed by atoms with Crippen LogP contribution in [0.5, 0.6) is 0 Å². The molecular formula is C17H30OSi. The first-order valence-electron chi connectivity index (χ1n) is 7.84. The molecule has 0 aromatic carbocycles. The van der Waals surface area contributed by atoms with Crippen molar-refractivity contribution in [3.63, 3.8) is 0 Å². The molecule has 0 aromatic heterocycles. The maximum absolute atomic E-state index is 6.28. The molecule has 0 fully saturated rings. The van der Waals surface area contributed by atoms with Crippen LogP contribution in [0.25, 0.3) is 0 Å². The fraction of sp³-hybridized carbons (Fsp3) is 0.765. The molecule has 0 aromatic rings. The molecule has 108 valence electrons. The summed E-state index contributed by atoms with van der Waals surface area (Å²) >= 11 is 0. The Morgan fingerprint density at radius 2 is 1.84 bits per heavy atom. The van der Waals surface area contributed by atoms with Gasteiger partial charge in [0.2, 0.25) is 0 Å². The van der Waals surface area contributed by atoms with E-state index < -0.39 is 8.07 Å². The van der Waals surface area contributed by atoms with E-state index in [1.54, 1.807) is 0 Å². The summed E-state index contributed by atoms with van der Waals surface area (Å²) in [5.41, 5.74) is 3.48. The van der Waals surface area contributed by atoms with E-state index in [9.17, 15) is 0 Å². The molecule has 2 unspecified atom stereocenters. The van der Waals surface area contributed by atoms with Crippen molar-refractivity contribution in [3.8, 4) is 11.5 Å². The van der Waals surface area contributed by atoms with Crippen LogP contribution in [0.4, 0.5) is 0 Å². The van der Waals surface area contributed by atoms with Gasteiger partial charge in [-0.05, 0) is 32.1 Å². The fourth-order valence-electron chi connectivity index (χ4n) is 2.18. The smallest absolute Gasteiger partial charge is 0.129 e. The maximum Gasteiger partial charge on any atom is 0.129 e. The molecule has 0 saturated heterocycles. The zero-order valence-electron chi connectivity index (χ0n) is 13.2. The van der Waals surface area contributed by atoms with Crippen molar-refractivity contribution in [2.24, 2.45) is 0 Å². The second-order valence-electron chi connectivity index (χ2n) is 6.53. The molecule has 1 rings (SSSR count). The number of hydrogen-bond acceptors (Lipinski definition) is 1. The topological polar surface area (TPSA) is 9.23 Å². The summed E-state index contributed by atoms with van der Waals surface area (Å²) in [4.78, 5) is 0. The first-order valence-corrected chi connectivity index (χ1v) is 11.3. The average molecular weight is 279 g/mol. The van der Waals surface area contributed by atoms with Crippen molar-refractivity contribution in [2.45, 2.75) is 83.7 Å². The van der Waals surface area contributed by atoms with E-state index in [1.807, 2.05) is 0 Å². The van der Waals surface area contributed by atoms with Crippen molar-refractivity contribution >= 4 is 8.07 Å². The van der Waals surface area contributed by atoms with Gasteiger partial charge in [-0.1, -0.05) is 57.5 Å². The van der Waals surface area contributed by atoms with E-state index in [0.29, 0.717) is 6.10 Å². The highest BCUT2D eigenvalue weighted by molar-refractivity contribution is 6.83. The molecule has 2 heteroatoms. The van der Waals surface area contributed by atoms with Gasteiger partial charge in [0.15, 0.2) is 0 Å². The Morgan fingerprint density at radius 1 is 1.16 bits per heavy atom. The van der Waals surface area contributed by atoms with Gasteiger partial charge < -0.3 is 4.74 Å². The summed E-state index contributed by atoms with van der Waals surface area (Å²) in [5.74, 6) is 3.42. The van der Waals surface area contributed by atoms with Crippen molar-refractivity contribution in [2.75, 3.05) is 0 Å². The lowest BCUT2D eigenvalue weighted by molar-refractivity contribution is 0.00561. The lowest BCUT2D eigenvalue weighted by atomic mass is 10.1. The molecule has 0 saturated carbocycles. The maximum atomic E-state index is 6.28. The van der Waals surface area contributed by atoms with Crippen LogP contribution in [0.1, 0.15) is 51.9 Å². The minimum absolute atomic E-state index is 0.149. The van der Waals surface area contributed by atoms with Gasteiger partial charge in [-0.25, -0.2) is 0 Å². The van der Waals surface area contributed by atoms with Crippen LogP contribution in [0.2, 0.25) is 19.6 Å². The molecule has 2 atom stereocenters. The molecule has 0 radical (unpaired) electrons. The second-order valence-corrected chi connectivity index (χ2v) is 11.3. The molecule has 0 aliphatic carbocycles. The third kappa shape index (κ3) is 8.29. The van der Waals surface area contributed by atoms with Gasteiger partial charge in [-0.3, -0.25) is 0 Å². The molecule has 1 aliphatic rings. The van der Waals surface area contributed by atoms with Crippen molar-refractivity contribution in [1.82, 2.24) is 0 Å². The molecule has 0 N–H and O–H groups in total. The normalized spacial score (nSPS) is 26.5. The van der Waals surface area contributed by atoms with E-state index in [1.165, 1.54) is 19.3 Å². The fourth-order valence-corrected chi connectivity index (χ4v) is 2.78. The van der Waals surface area contributed by atoms with Crippen LogP contribution >= 0.6 is 0 Å². The van der Waals surface area contributed by atoms with Crippen molar-refractivity contribution in [1.29, 1.82) is 0 Å². The third-order valence-corrected chi connectivity index (χ3v) is 4.16. The predicted molar refractivity (Wildman–Crippen MR) is 86.9 cm³/mol. The summed E-state index contributed by atoms with van der Waals surface area (Å²) in [6.45, 7) is 9.13. The van der Waals surface area contributed by atoms with Crippen LogP contribution in [0.3, 0.4) is 0 Å². The summed E-state index contributed by atoms with van der Waals surface area (Å²) in [7, 11) is -1.29. The van der Waals surface area contributed by atoms with Crippen molar-refractivity contribution in [3.05, 3.63) is 12.2 Å². The zero-order chi connectivity index (χ0) is 14.1. The first kappa shape index (κ1) is 16.5. The Kier molecular flexibility index (Phi) is 7.49. The number of ether oxygens (including phenoxy) is 1. The van der Waals surface area contributed by atoms with Gasteiger partial charge >= 0.3 is 0 Å². The lowest BCUT2D eigenvalue weighted by Crippen LogP contribution is -2.23. The molecule has 1 aliphatic heterocycles. The number of allylic oxidation sites excluding steroid dienone is 2. The molecule has 19 heavy (non-hydrogen) atoms. The summed E-state index contributed by atoms with van der Waals surface area (Å²) in [6.07, 6.45) is 13.3. The van der Waals surface area contributed by atoms with Gasteiger partial charge in [0.05, 0.1) is 6.10 Å². The summed E-state index contributed by atoms with van der Waals surface area (Å²) in [6, 6.07) is 0. The molecule has 0 spiro atoms. The Balaban J connectivity index is 2.64. The molecule has 1 heterocycles. The minimum Gasteiger partial charge on any atom is -0.362 e. The Hall–Kier alpha value is -0.523. The third-order valence-electron chi connectivity index (χ3n) is 3.26. The Morgan fingerprint density at radius 3 is 2.47 bits per heavy atom. The Bertz CT molecular complexity index is 329. The highest BCUT2D eigenvalue weighted by Crippen LogP contribution is 2.18. The van der Waals surface area contributed by atoms with Gasteiger partial charge in [0.25, 0.3) is 0 Å². The summed E-state index contributed by atoms with van der Waals surface area (Å²) < 4.78 is 6.28. The first-order chi connectivity index (χ1) is 9.01. The average Bonchev–Trinajstić information content (AvgIpc) is 2.45. The quantitative estimate of drug-likeness (QED) is 0.403. The lowest BCUT2D eigenvalue weighted by Gasteiger charge is -2.21. The number of hydrogen-bond donors (Lipinski definition) is 0. The highest BCUT2D eigenvalue weighted by Gasteiger charge is 2.16. The van der Waals surface area contributed by atoms with Gasteiger partial charge in [0.1, 0.15) is 14.2 Å². The van der Waals surface area contributed by atoms with E-state index in [4.69, 9.17) is 4.74 Å². The van der Waals surface area contributed by atoms with Gasteiger partial charge in [-0.15, -0.1) is 5.54 Å². The van der Waals surface area contributed by atoms with Crippen LogP contribution in [-0.4, -0.2) is 20.3 Å². The summed E-state index contributed by atoms with van der Waals surface area (Å²) in [5, 5.41) is 0. The monoisotopic (exact) mass is 278 g/mol. The van der Waals surface area contributed by atoms with Gasteiger partial charge in [0, 0.05) is 0 Å². The molecule has 0 bridgehead atoms. The van der Waals surface area contributed by atoms with Crippen LogP contribution in [0.15, 0.2) is 12.2 Å².